The molecule has 0 aliphatic rings. The molecule has 0 fully saturated rings. The molecule has 0 bridgehead atoms. The fraction of sp³-hybridized carbons (Fsp3) is 0.364. The van der Waals surface area contributed by atoms with Crippen LogP contribution in [-0.2, 0) is 10.5 Å². The second-order valence-electron chi connectivity index (χ2n) is 3.24. The first kappa shape index (κ1) is 12.0. The van der Waals surface area contributed by atoms with E-state index in [2.05, 4.69) is 0 Å². The Morgan fingerprint density at radius 2 is 2.13 bits per heavy atom. The number of rotatable bonds is 4. The highest BCUT2D eigenvalue weighted by molar-refractivity contribution is 7.99. The lowest BCUT2D eigenvalue weighted by Gasteiger charge is -2.18. The lowest BCUT2D eigenvalue weighted by Crippen LogP contribution is -2.27. The van der Waals surface area contributed by atoms with Crippen molar-refractivity contribution >= 4 is 17.7 Å². The molecule has 0 heterocycles. The summed E-state index contributed by atoms with van der Waals surface area (Å²) in [6.07, 6.45) is 0. The number of alkyl halides is 1. The van der Waals surface area contributed by atoms with Gasteiger partial charge in [-0.2, -0.15) is 0 Å². The van der Waals surface area contributed by atoms with Crippen LogP contribution in [0.5, 0.6) is 0 Å². The van der Waals surface area contributed by atoms with Gasteiger partial charge in [0.2, 0.25) is 5.67 Å². The second kappa shape index (κ2) is 4.66. The van der Waals surface area contributed by atoms with E-state index in [1.54, 1.807) is 18.2 Å². The van der Waals surface area contributed by atoms with Crippen molar-refractivity contribution in [3.05, 3.63) is 29.8 Å². The second-order valence-corrected chi connectivity index (χ2v) is 4.54. The van der Waals surface area contributed by atoms with E-state index in [-0.39, 0.29) is 5.56 Å². The minimum absolute atomic E-state index is 0.226. The van der Waals surface area contributed by atoms with Crippen LogP contribution in [0, 0.1) is 0 Å². The Morgan fingerprint density at radius 3 is 2.67 bits per heavy atom. The maximum Gasteiger partial charge on any atom is 0.345 e. The number of carboxylic acid groups (broad SMARTS) is 1. The number of aliphatic carboxylic acids is 1. The van der Waals surface area contributed by atoms with Crippen LogP contribution < -0.4 is 0 Å². The van der Waals surface area contributed by atoms with Gasteiger partial charge < -0.3 is 5.11 Å². The maximum atomic E-state index is 13.9. The van der Waals surface area contributed by atoms with Crippen LogP contribution >= 0.6 is 11.8 Å². The average molecular weight is 228 g/mol. The molecule has 15 heavy (non-hydrogen) atoms. The molecule has 0 aromatic heterocycles. The minimum atomic E-state index is -2.32. The first-order valence-electron chi connectivity index (χ1n) is 4.64. The van der Waals surface area contributed by atoms with Gasteiger partial charge in [0, 0.05) is 10.5 Å². The summed E-state index contributed by atoms with van der Waals surface area (Å²) in [7, 11) is 0. The van der Waals surface area contributed by atoms with Crippen LogP contribution in [0.25, 0.3) is 0 Å². The maximum absolute atomic E-state index is 13.9. The highest BCUT2D eigenvalue weighted by atomic mass is 32.2. The summed E-state index contributed by atoms with van der Waals surface area (Å²) in [5.74, 6) is -0.668. The molecule has 0 aliphatic carbocycles. The molecule has 4 heteroatoms. The van der Waals surface area contributed by atoms with Crippen LogP contribution in [0.1, 0.15) is 19.4 Å². The molecule has 0 radical (unpaired) electrons. The van der Waals surface area contributed by atoms with Gasteiger partial charge in [0.05, 0.1) is 0 Å². The first-order chi connectivity index (χ1) is 7.00. The van der Waals surface area contributed by atoms with Crippen molar-refractivity contribution < 1.29 is 14.3 Å². The Morgan fingerprint density at radius 1 is 1.53 bits per heavy atom. The van der Waals surface area contributed by atoms with Crippen LogP contribution in [0.4, 0.5) is 4.39 Å². The Kier molecular flexibility index (Phi) is 3.74. The topological polar surface area (TPSA) is 37.3 Å². The molecule has 1 atom stereocenters. The number of halogens is 1. The molecule has 1 aromatic carbocycles. The van der Waals surface area contributed by atoms with Crippen molar-refractivity contribution in [2.75, 3.05) is 5.75 Å². The fourth-order valence-corrected chi connectivity index (χ4v) is 2.15. The number of hydrogen-bond acceptors (Lipinski definition) is 2. The quantitative estimate of drug-likeness (QED) is 0.805. The third-order valence-electron chi connectivity index (χ3n) is 2.09. The summed E-state index contributed by atoms with van der Waals surface area (Å²) < 4.78 is 13.9. The molecule has 0 amide bonds. The Hall–Kier alpha value is -1.03. The summed E-state index contributed by atoms with van der Waals surface area (Å²) >= 11 is 1.44. The minimum Gasteiger partial charge on any atom is -0.479 e. The van der Waals surface area contributed by atoms with E-state index in [0.29, 0.717) is 4.90 Å². The van der Waals surface area contributed by atoms with Gasteiger partial charge in [-0.15, -0.1) is 11.8 Å². The predicted octanol–water partition coefficient (Wildman–Crippen LogP) is 3.07. The van der Waals surface area contributed by atoms with Gasteiger partial charge in [0.1, 0.15) is 0 Å². The standard InChI is InChI=1S/C11H13FO2S/c1-3-15-9-7-5-4-6-8(9)11(2,12)10(13)14/h4-7H,3H2,1-2H3,(H,13,14). The number of carbonyl (C=O) groups is 1. The van der Waals surface area contributed by atoms with Gasteiger partial charge in [0.15, 0.2) is 0 Å². The van der Waals surface area contributed by atoms with Crippen molar-refractivity contribution in [3.8, 4) is 0 Å². The number of hydrogen-bond donors (Lipinski definition) is 1. The number of benzene rings is 1. The zero-order valence-corrected chi connectivity index (χ0v) is 9.47. The lowest BCUT2D eigenvalue weighted by molar-refractivity contribution is -0.150. The highest BCUT2D eigenvalue weighted by Gasteiger charge is 2.36. The van der Waals surface area contributed by atoms with Gasteiger partial charge in [-0.1, -0.05) is 25.1 Å². The van der Waals surface area contributed by atoms with Gasteiger partial charge >= 0.3 is 5.97 Å². The molecule has 1 unspecified atom stereocenters. The molecule has 82 valence electrons. The summed E-state index contributed by atoms with van der Waals surface area (Å²) in [5.41, 5.74) is -2.09. The van der Waals surface area contributed by atoms with E-state index in [1.165, 1.54) is 17.8 Å². The zero-order chi connectivity index (χ0) is 11.5. The normalized spacial score (nSPS) is 14.6. The monoisotopic (exact) mass is 228 g/mol. The molecule has 1 aromatic rings. The predicted molar refractivity (Wildman–Crippen MR) is 58.9 cm³/mol. The molecule has 1 N–H and O–H groups in total. The SMILES string of the molecule is CCSc1ccccc1C(C)(F)C(=O)O. The van der Waals surface area contributed by atoms with Crippen LogP contribution in [0.15, 0.2) is 29.2 Å². The third-order valence-corrected chi connectivity index (χ3v) is 3.05. The molecular formula is C11H13FO2S. The van der Waals surface area contributed by atoms with Gasteiger partial charge in [-0.3, -0.25) is 0 Å². The Bertz CT molecular complexity index is 363. The van der Waals surface area contributed by atoms with E-state index < -0.39 is 11.6 Å². The Balaban J connectivity index is 3.18. The van der Waals surface area contributed by atoms with Gasteiger partial charge in [0.25, 0.3) is 0 Å². The third kappa shape index (κ3) is 2.50. The number of carboxylic acids is 1. The highest BCUT2D eigenvalue weighted by Crippen LogP contribution is 2.34. The van der Waals surface area contributed by atoms with Gasteiger partial charge in [-0.25, -0.2) is 9.18 Å². The summed E-state index contributed by atoms with van der Waals surface area (Å²) in [6.45, 7) is 3.02. The summed E-state index contributed by atoms with van der Waals surface area (Å²) in [5, 5.41) is 8.80. The largest absolute Gasteiger partial charge is 0.479 e. The average Bonchev–Trinajstić information content (AvgIpc) is 2.18. The molecule has 0 saturated carbocycles. The van der Waals surface area contributed by atoms with Crippen molar-refractivity contribution in [2.24, 2.45) is 0 Å². The van der Waals surface area contributed by atoms with Crippen molar-refractivity contribution in [3.63, 3.8) is 0 Å². The van der Waals surface area contributed by atoms with E-state index in [0.717, 1.165) is 12.7 Å². The van der Waals surface area contributed by atoms with Crippen LogP contribution in [0.3, 0.4) is 0 Å². The molecule has 1 rings (SSSR count). The molecule has 0 spiro atoms. The van der Waals surface area contributed by atoms with Crippen LogP contribution in [-0.4, -0.2) is 16.8 Å². The lowest BCUT2D eigenvalue weighted by atomic mass is 9.98. The summed E-state index contributed by atoms with van der Waals surface area (Å²) in [4.78, 5) is 11.5. The van der Waals surface area contributed by atoms with Crippen LogP contribution in [0.2, 0.25) is 0 Å². The van der Waals surface area contributed by atoms with Crippen molar-refractivity contribution in [1.82, 2.24) is 0 Å². The van der Waals surface area contributed by atoms with E-state index >= 15 is 0 Å². The van der Waals surface area contributed by atoms with Crippen molar-refractivity contribution in [2.45, 2.75) is 24.4 Å². The van der Waals surface area contributed by atoms with E-state index in [4.69, 9.17) is 5.11 Å². The fourth-order valence-electron chi connectivity index (χ4n) is 1.25. The number of thioether (sulfide) groups is 1. The zero-order valence-electron chi connectivity index (χ0n) is 8.66. The first-order valence-corrected chi connectivity index (χ1v) is 5.63. The van der Waals surface area contributed by atoms with Crippen molar-refractivity contribution in [1.29, 1.82) is 0 Å². The van der Waals surface area contributed by atoms with E-state index in [9.17, 15) is 9.18 Å². The molecule has 2 nitrogen and oxygen atoms in total. The Labute approximate surface area is 92.5 Å². The van der Waals surface area contributed by atoms with Gasteiger partial charge in [-0.05, 0) is 18.7 Å². The summed E-state index contributed by atoms with van der Waals surface area (Å²) in [6, 6.07) is 6.69. The van der Waals surface area contributed by atoms with E-state index in [1.807, 2.05) is 6.92 Å². The molecule has 0 saturated heterocycles. The smallest absolute Gasteiger partial charge is 0.345 e. The molecular weight excluding hydrogens is 215 g/mol. The molecule has 0 aliphatic heterocycles.